The van der Waals surface area contributed by atoms with E-state index < -0.39 is 5.97 Å². The summed E-state index contributed by atoms with van der Waals surface area (Å²) >= 11 is 6.93. The predicted molar refractivity (Wildman–Crippen MR) is 128 cm³/mol. The molecule has 0 aliphatic rings. The zero-order chi connectivity index (χ0) is 23.4. The number of amides is 2. The summed E-state index contributed by atoms with van der Waals surface area (Å²) in [5.41, 5.74) is 4.10. The molecule has 166 valence electrons. The zero-order valence-corrected chi connectivity index (χ0v) is 19.7. The first kappa shape index (κ1) is 23.5. The molecule has 3 rings (SSSR count). The summed E-state index contributed by atoms with van der Waals surface area (Å²) in [5, 5.41) is 6.48. The topological polar surface area (TPSA) is 84.5 Å². The number of rotatable bonds is 6. The van der Waals surface area contributed by atoms with Crippen LogP contribution in [0.2, 0.25) is 5.02 Å². The van der Waals surface area contributed by atoms with Gasteiger partial charge in [-0.15, -0.1) is 11.3 Å². The molecule has 0 unspecified atom stereocenters. The number of methoxy groups -OCH3 is 1. The summed E-state index contributed by atoms with van der Waals surface area (Å²) in [6.45, 7) is 5.56. The van der Waals surface area contributed by atoms with Gasteiger partial charge in [-0.1, -0.05) is 29.8 Å². The molecule has 6 nitrogen and oxygen atoms in total. The molecule has 0 atom stereocenters. The van der Waals surface area contributed by atoms with Crippen LogP contribution in [-0.2, 0) is 16.0 Å². The van der Waals surface area contributed by atoms with E-state index in [9.17, 15) is 14.4 Å². The minimum Gasteiger partial charge on any atom is -0.465 e. The first-order valence-electron chi connectivity index (χ1n) is 9.83. The van der Waals surface area contributed by atoms with Gasteiger partial charge in [-0.05, 0) is 67.3 Å². The third-order valence-electron chi connectivity index (χ3n) is 4.75. The number of ether oxygens (including phenoxy) is 1. The highest BCUT2D eigenvalue weighted by molar-refractivity contribution is 7.18. The normalized spacial score (nSPS) is 10.5. The average molecular weight is 471 g/mol. The van der Waals surface area contributed by atoms with Crippen molar-refractivity contribution in [1.29, 1.82) is 0 Å². The standard InChI is InChI=1S/C24H23ClN2O4S/c1-13-9-14(2)11-18(10-13)26-22(29)21-15(3)20(24(30)31-4)23(32-21)27-19(28)12-16-5-7-17(25)8-6-16/h5-11H,12H2,1-4H3,(H,26,29)(H,27,28). The van der Waals surface area contributed by atoms with Gasteiger partial charge in [-0.3, -0.25) is 9.59 Å². The Morgan fingerprint density at radius 2 is 1.59 bits per heavy atom. The van der Waals surface area contributed by atoms with E-state index in [1.165, 1.54) is 7.11 Å². The van der Waals surface area contributed by atoms with Gasteiger partial charge >= 0.3 is 5.97 Å². The lowest BCUT2D eigenvalue weighted by Crippen LogP contribution is -2.16. The zero-order valence-electron chi connectivity index (χ0n) is 18.2. The van der Waals surface area contributed by atoms with Crippen molar-refractivity contribution < 1.29 is 19.1 Å². The quantitative estimate of drug-likeness (QED) is 0.463. The number of carbonyl (C=O) groups excluding carboxylic acids is 3. The number of halogens is 1. The van der Waals surface area contributed by atoms with E-state index in [1.807, 2.05) is 32.0 Å². The van der Waals surface area contributed by atoms with Crippen LogP contribution in [0, 0.1) is 20.8 Å². The van der Waals surface area contributed by atoms with Crippen molar-refractivity contribution in [2.75, 3.05) is 17.7 Å². The summed E-state index contributed by atoms with van der Waals surface area (Å²) in [7, 11) is 1.26. The average Bonchev–Trinajstić information content (AvgIpc) is 3.04. The number of benzene rings is 2. The Morgan fingerprint density at radius 1 is 0.969 bits per heavy atom. The van der Waals surface area contributed by atoms with Gasteiger partial charge in [-0.25, -0.2) is 4.79 Å². The highest BCUT2D eigenvalue weighted by Crippen LogP contribution is 2.34. The van der Waals surface area contributed by atoms with Gasteiger partial charge in [0.25, 0.3) is 5.91 Å². The molecular formula is C24H23ClN2O4S. The second-order valence-electron chi connectivity index (χ2n) is 7.43. The number of nitrogens with one attached hydrogen (secondary N) is 2. The van der Waals surface area contributed by atoms with Crippen LogP contribution < -0.4 is 10.6 Å². The number of carbonyl (C=O) groups is 3. The van der Waals surface area contributed by atoms with E-state index in [-0.39, 0.29) is 28.8 Å². The van der Waals surface area contributed by atoms with Crippen molar-refractivity contribution in [3.8, 4) is 0 Å². The minimum absolute atomic E-state index is 0.0961. The van der Waals surface area contributed by atoms with Crippen molar-refractivity contribution in [3.63, 3.8) is 0 Å². The Morgan fingerprint density at radius 3 is 2.19 bits per heavy atom. The molecule has 0 aliphatic carbocycles. The molecule has 0 saturated carbocycles. The third kappa shape index (κ3) is 5.55. The van der Waals surface area contributed by atoms with Gasteiger partial charge in [0.1, 0.15) is 5.00 Å². The number of aryl methyl sites for hydroxylation is 2. The van der Waals surface area contributed by atoms with E-state index in [0.717, 1.165) is 28.0 Å². The van der Waals surface area contributed by atoms with Gasteiger partial charge < -0.3 is 15.4 Å². The van der Waals surface area contributed by atoms with Crippen molar-refractivity contribution in [3.05, 3.63) is 80.2 Å². The largest absolute Gasteiger partial charge is 0.465 e. The Kier molecular flexibility index (Phi) is 7.33. The van der Waals surface area contributed by atoms with Gasteiger partial charge in [0.2, 0.25) is 5.91 Å². The molecule has 0 fully saturated rings. The number of thiophene rings is 1. The Hall–Kier alpha value is -3.16. The molecule has 0 bridgehead atoms. The lowest BCUT2D eigenvalue weighted by molar-refractivity contribution is -0.115. The van der Waals surface area contributed by atoms with Crippen molar-refractivity contribution in [2.24, 2.45) is 0 Å². The summed E-state index contributed by atoms with van der Waals surface area (Å²) in [6.07, 6.45) is 0.0961. The fourth-order valence-corrected chi connectivity index (χ4v) is 4.59. The van der Waals surface area contributed by atoms with Crippen LogP contribution in [0.3, 0.4) is 0 Å². The molecule has 0 spiro atoms. The van der Waals surface area contributed by atoms with Gasteiger partial charge in [0.05, 0.1) is 24.0 Å². The fraction of sp³-hybridized carbons (Fsp3) is 0.208. The maximum Gasteiger partial charge on any atom is 0.341 e. The molecule has 2 amide bonds. The lowest BCUT2D eigenvalue weighted by Gasteiger charge is -2.07. The van der Waals surface area contributed by atoms with Crippen LogP contribution in [0.15, 0.2) is 42.5 Å². The summed E-state index contributed by atoms with van der Waals surface area (Å²) in [4.78, 5) is 38.3. The van der Waals surface area contributed by atoms with Crippen LogP contribution in [0.1, 0.15) is 42.3 Å². The number of anilines is 2. The molecule has 0 radical (unpaired) electrons. The second-order valence-corrected chi connectivity index (χ2v) is 8.89. The van der Waals surface area contributed by atoms with Gasteiger partial charge in [0, 0.05) is 10.7 Å². The summed E-state index contributed by atoms with van der Waals surface area (Å²) in [6, 6.07) is 12.7. The summed E-state index contributed by atoms with van der Waals surface area (Å²) in [5.74, 6) is -1.30. The van der Waals surface area contributed by atoms with Crippen molar-refractivity contribution >= 4 is 51.4 Å². The smallest absolute Gasteiger partial charge is 0.341 e. The maximum atomic E-state index is 13.0. The number of hydrogen-bond donors (Lipinski definition) is 2. The van der Waals surface area contributed by atoms with Crippen molar-refractivity contribution in [2.45, 2.75) is 27.2 Å². The van der Waals surface area contributed by atoms with Gasteiger partial charge in [-0.2, -0.15) is 0 Å². The summed E-state index contributed by atoms with van der Waals surface area (Å²) < 4.78 is 4.88. The Labute approximate surface area is 195 Å². The van der Waals surface area contributed by atoms with Crippen molar-refractivity contribution in [1.82, 2.24) is 0 Å². The second kappa shape index (κ2) is 9.97. The molecule has 0 saturated heterocycles. The van der Waals surface area contributed by atoms with E-state index in [0.29, 0.717) is 21.2 Å². The van der Waals surface area contributed by atoms with E-state index in [4.69, 9.17) is 16.3 Å². The number of esters is 1. The van der Waals surface area contributed by atoms with E-state index in [1.54, 1.807) is 31.2 Å². The van der Waals surface area contributed by atoms with Crippen LogP contribution in [-0.4, -0.2) is 24.9 Å². The number of hydrogen-bond acceptors (Lipinski definition) is 5. The maximum absolute atomic E-state index is 13.0. The first-order chi connectivity index (χ1) is 15.2. The molecule has 1 aromatic heterocycles. The van der Waals surface area contributed by atoms with E-state index >= 15 is 0 Å². The molecule has 0 aliphatic heterocycles. The van der Waals surface area contributed by atoms with Crippen LogP contribution in [0.25, 0.3) is 0 Å². The highest BCUT2D eigenvalue weighted by atomic mass is 35.5. The Balaban J connectivity index is 1.86. The molecule has 8 heteroatoms. The fourth-order valence-electron chi connectivity index (χ4n) is 3.36. The Bertz CT molecular complexity index is 1170. The first-order valence-corrected chi connectivity index (χ1v) is 11.0. The molecular weight excluding hydrogens is 448 g/mol. The molecule has 2 aromatic carbocycles. The highest BCUT2D eigenvalue weighted by Gasteiger charge is 2.26. The minimum atomic E-state index is -0.619. The monoisotopic (exact) mass is 470 g/mol. The third-order valence-corrected chi connectivity index (χ3v) is 6.21. The lowest BCUT2D eigenvalue weighted by atomic mass is 10.1. The van der Waals surface area contributed by atoms with Crippen LogP contribution in [0.5, 0.6) is 0 Å². The molecule has 1 heterocycles. The SMILES string of the molecule is COC(=O)c1c(NC(=O)Cc2ccc(Cl)cc2)sc(C(=O)Nc2cc(C)cc(C)c2)c1C. The molecule has 2 N–H and O–H groups in total. The molecule has 3 aromatic rings. The van der Waals surface area contributed by atoms with Gasteiger partial charge in [0.15, 0.2) is 0 Å². The van der Waals surface area contributed by atoms with E-state index in [2.05, 4.69) is 10.6 Å². The predicted octanol–water partition coefficient (Wildman–Crippen LogP) is 5.55. The van der Waals surface area contributed by atoms with Crippen LogP contribution >= 0.6 is 22.9 Å². The molecule has 32 heavy (non-hydrogen) atoms. The van der Waals surface area contributed by atoms with Crippen LogP contribution in [0.4, 0.5) is 10.7 Å².